The van der Waals surface area contributed by atoms with Gasteiger partial charge in [-0.2, -0.15) is 0 Å². The summed E-state index contributed by atoms with van der Waals surface area (Å²) in [6.45, 7) is 3.93. The zero-order valence-corrected chi connectivity index (χ0v) is 15.7. The minimum atomic E-state index is -0.372. The van der Waals surface area contributed by atoms with E-state index in [1.54, 1.807) is 0 Å². The minimum Gasteiger partial charge on any atom is -0.465 e. The third kappa shape index (κ3) is 4.22. The molecule has 0 saturated carbocycles. The number of piperidine rings is 1. The first-order valence-corrected chi connectivity index (χ1v) is 9.72. The van der Waals surface area contributed by atoms with Crippen LogP contribution < -0.4 is 5.32 Å². The Labute approximate surface area is 152 Å². The number of anilines is 1. The number of amides is 1. The van der Waals surface area contributed by atoms with Gasteiger partial charge in [-0.3, -0.25) is 9.69 Å². The van der Waals surface area contributed by atoms with Crippen molar-refractivity contribution in [1.82, 2.24) is 4.90 Å². The van der Waals surface area contributed by atoms with Crippen LogP contribution in [0.25, 0.3) is 0 Å². The Morgan fingerprint density at radius 1 is 1.32 bits per heavy atom. The first-order valence-electron chi connectivity index (χ1n) is 8.91. The standard InChI is InChI=1S/C18H26N2O4S/c1-11-3-4-13-14(9-11)25-17(16(13)18(23)24-2)19-15(22)10-20-7-5-12(21)6-8-20/h11-12,21H,3-10H2,1-2H3,(H,19,22). The Bertz CT molecular complexity index is 650. The smallest absolute Gasteiger partial charge is 0.341 e. The van der Waals surface area contributed by atoms with Crippen molar-refractivity contribution in [3.63, 3.8) is 0 Å². The van der Waals surface area contributed by atoms with Crippen molar-refractivity contribution < 1.29 is 19.4 Å². The molecule has 1 aromatic heterocycles. The van der Waals surface area contributed by atoms with Crippen LogP contribution in [0.3, 0.4) is 0 Å². The molecular weight excluding hydrogens is 340 g/mol. The Morgan fingerprint density at radius 2 is 2.04 bits per heavy atom. The second kappa shape index (κ2) is 7.85. The number of methoxy groups -OCH3 is 1. The Morgan fingerprint density at radius 3 is 2.72 bits per heavy atom. The monoisotopic (exact) mass is 366 g/mol. The van der Waals surface area contributed by atoms with E-state index in [1.807, 2.05) is 4.90 Å². The number of nitrogens with one attached hydrogen (secondary N) is 1. The molecule has 2 aliphatic rings. The molecule has 0 bridgehead atoms. The van der Waals surface area contributed by atoms with Gasteiger partial charge in [0.25, 0.3) is 0 Å². The zero-order valence-electron chi connectivity index (χ0n) is 14.8. The number of esters is 1. The summed E-state index contributed by atoms with van der Waals surface area (Å²) in [6.07, 6.45) is 4.01. The van der Waals surface area contributed by atoms with E-state index in [2.05, 4.69) is 12.2 Å². The molecule has 1 saturated heterocycles. The summed E-state index contributed by atoms with van der Waals surface area (Å²) >= 11 is 1.51. The maximum absolute atomic E-state index is 12.4. The summed E-state index contributed by atoms with van der Waals surface area (Å²) in [5.41, 5.74) is 1.59. The number of hydrogen-bond donors (Lipinski definition) is 2. The van der Waals surface area contributed by atoms with Gasteiger partial charge in [0.1, 0.15) is 5.00 Å². The predicted molar refractivity (Wildman–Crippen MR) is 97.2 cm³/mol. The maximum Gasteiger partial charge on any atom is 0.341 e. The van der Waals surface area contributed by atoms with Crippen LogP contribution in [-0.2, 0) is 22.4 Å². The first-order chi connectivity index (χ1) is 12.0. The number of ether oxygens (including phenoxy) is 1. The molecule has 1 amide bonds. The minimum absolute atomic E-state index is 0.117. The number of likely N-dealkylation sites (tertiary alicyclic amines) is 1. The first kappa shape index (κ1) is 18.4. The van der Waals surface area contributed by atoms with Crippen LogP contribution in [0.4, 0.5) is 5.00 Å². The van der Waals surface area contributed by atoms with Gasteiger partial charge in [-0.1, -0.05) is 6.92 Å². The van der Waals surface area contributed by atoms with Crippen LogP contribution in [0.1, 0.15) is 47.0 Å². The van der Waals surface area contributed by atoms with Crippen molar-refractivity contribution in [2.24, 2.45) is 5.92 Å². The third-order valence-corrected chi connectivity index (χ3v) is 6.25. The molecule has 25 heavy (non-hydrogen) atoms. The number of carbonyl (C=O) groups is 2. The molecule has 2 heterocycles. The Balaban J connectivity index is 1.73. The average Bonchev–Trinajstić information content (AvgIpc) is 2.92. The zero-order chi connectivity index (χ0) is 18.0. The summed E-state index contributed by atoms with van der Waals surface area (Å²) in [6, 6.07) is 0. The van der Waals surface area contributed by atoms with E-state index < -0.39 is 0 Å². The van der Waals surface area contributed by atoms with Crippen molar-refractivity contribution in [3.05, 3.63) is 16.0 Å². The lowest BCUT2D eigenvalue weighted by Gasteiger charge is -2.28. The second-order valence-corrected chi connectivity index (χ2v) is 8.21. The summed E-state index contributed by atoms with van der Waals surface area (Å²) in [7, 11) is 1.38. The van der Waals surface area contributed by atoms with E-state index in [9.17, 15) is 14.7 Å². The van der Waals surface area contributed by atoms with E-state index in [-0.39, 0.29) is 24.5 Å². The highest BCUT2D eigenvalue weighted by atomic mass is 32.1. The third-order valence-electron chi connectivity index (χ3n) is 5.08. The largest absolute Gasteiger partial charge is 0.465 e. The molecule has 1 fully saturated rings. The molecule has 0 aromatic carbocycles. The van der Waals surface area contributed by atoms with Gasteiger partial charge in [0.15, 0.2) is 0 Å². The number of fused-ring (bicyclic) bond motifs is 1. The van der Waals surface area contributed by atoms with E-state index in [4.69, 9.17) is 4.74 Å². The lowest BCUT2D eigenvalue weighted by Crippen LogP contribution is -2.40. The number of thiophene rings is 1. The quantitative estimate of drug-likeness (QED) is 0.798. The van der Waals surface area contributed by atoms with Crippen LogP contribution in [0, 0.1) is 5.92 Å². The van der Waals surface area contributed by atoms with Gasteiger partial charge in [0.05, 0.1) is 25.3 Å². The summed E-state index contributed by atoms with van der Waals surface area (Å²) in [4.78, 5) is 27.9. The molecule has 0 radical (unpaired) electrons. The average molecular weight is 366 g/mol. The second-order valence-electron chi connectivity index (χ2n) is 7.10. The van der Waals surface area contributed by atoms with Crippen LogP contribution in [0.15, 0.2) is 0 Å². The molecule has 6 nitrogen and oxygen atoms in total. The van der Waals surface area contributed by atoms with Gasteiger partial charge in [0, 0.05) is 18.0 Å². The van der Waals surface area contributed by atoms with E-state index >= 15 is 0 Å². The van der Waals surface area contributed by atoms with Gasteiger partial charge in [-0.25, -0.2) is 4.79 Å². The number of nitrogens with zero attached hydrogens (tertiary/aromatic N) is 1. The maximum atomic E-state index is 12.4. The summed E-state index contributed by atoms with van der Waals surface area (Å²) in [5.74, 6) is 0.108. The molecule has 1 atom stereocenters. The van der Waals surface area contributed by atoms with Crippen LogP contribution in [0.2, 0.25) is 0 Å². The normalized spacial score (nSPS) is 21.6. The van der Waals surface area contributed by atoms with Gasteiger partial charge in [-0.15, -0.1) is 11.3 Å². The number of carbonyl (C=O) groups excluding carboxylic acids is 2. The molecule has 7 heteroatoms. The number of hydrogen-bond acceptors (Lipinski definition) is 6. The van der Waals surface area contributed by atoms with Crippen molar-refractivity contribution in [2.75, 3.05) is 32.1 Å². The molecule has 138 valence electrons. The van der Waals surface area contributed by atoms with Crippen molar-refractivity contribution in [2.45, 2.75) is 45.1 Å². The van der Waals surface area contributed by atoms with Gasteiger partial charge < -0.3 is 15.2 Å². The van der Waals surface area contributed by atoms with Crippen molar-refractivity contribution in [3.8, 4) is 0 Å². The molecule has 1 unspecified atom stereocenters. The molecule has 2 N–H and O–H groups in total. The van der Waals surface area contributed by atoms with E-state index in [0.29, 0.717) is 29.3 Å². The van der Waals surface area contributed by atoms with E-state index in [0.717, 1.165) is 37.9 Å². The van der Waals surface area contributed by atoms with Crippen LogP contribution in [-0.4, -0.2) is 54.7 Å². The lowest BCUT2D eigenvalue weighted by molar-refractivity contribution is -0.117. The SMILES string of the molecule is COC(=O)c1c(NC(=O)CN2CCC(O)CC2)sc2c1CCC(C)C2. The molecule has 0 spiro atoms. The lowest BCUT2D eigenvalue weighted by atomic mass is 9.88. The van der Waals surface area contributed by atoms with Crippen LogP contribution >= 0.6 is 11.3 Å². The molecule has 3 rings (SSSR count). The molecule has 1 aliphatic carbocycles. The fourth-order valence-electron chi connectivity index (χ4n) is 3.60. The Hall–Kier alpha value is -1.44. The van der Waals surface area contributed by atoms with Gasteiger partial charge in [0.2, 0.25) is 5.91 Å². The van der Waals surface area contributed by atoms with E-state index in [1.165, 1.54) is 23.3 Å². The fourth-order valence-corrected chi connectivity index (χ4v) is 5.02. The molecular formula is C18H26N2O4S. The van der Waals surface area contributed by atoms with Gasteiger partial charge >= 0.3 is 5.97 Å². The highest BCUT2D eigenvalue weighted by Gasteiger charge is 2.29. The predicted octanol–water partition coefficient (Wildman–Crippen LogP) is 2.05. The van der Waals surface area contributed by atoms with Crippen molar-refractivity contribution >= 4 is 28.2 Å². The number of aliphatic hydroxyl groups is 1. The topological polar surface area (TPSA) is 78.9 Å². The highest BCUT2D eigenvalue weighted by Crippen LogP contribution is 2.40. The number of aliphatic hydroxyl groups excluding tert-OH is 1. The van der Waals surface area contributed by atoms with Gasteiger partial charge in [-0.05, 0) is 43.6 Å². The molecule has 1 aliphatic heterocycles. The summed E-state index contributed by atoms with van der Waals surface area (Å²) < 4.78 is 4.95. The molecule has 1 aromatic rings. The Kier molecular flexibility index (Phi) is 5.76. The fraction of sp³-hybridized carbons (Fsp3) is 0.667. The highest BCUT2D eigenvalue weighted by molar-refractivity contribution is 7.17. The summed E-state index contributed by atoms with van der Waals surface area (Å²) in [5, 5.41) is 13.1. The number of rotatable bonds is 4. The van der Waals surface area contributed by atoms with Crippen molar-refractivity contribution in [1.29, 1.82) is 0 Å². The van der Waals surface area contributed by atoms with Crippen LogP contribution in [0.5, 0.6) is 0 Å².